The van der Waals surface area contributed by atoms with Gasteiger partial charge in [-0.3, -0.25) is 9.59 Å². The molecular weight excluding hydrogens is 264 g/mol. The number of rotatable bonds is 7. The second-order valence-corrected chi connectivity index (χ2v) is 5.75. The van der Waals surface area contributed by atoms with Gasteiger partial charge >= 0.3 is 0 Å². The molecule has 4 nitrogen and oxygen atoms in total. The Bertz CT molecular complexity index is 457. The molecule has 0 bridgehead atoms. The first-order chi connectivity index (χ1) is 9.91. The van der Waals surface area contributed by atoms with E-state index in [-0.39, 0.29) is 17.9 Å². The minimum absolute atomic E-state index is 0.00528. The van der Waals surface area contributed by atoms with Gasteiger partial charge in [0.15, 0.2) is 0 Å². The molecule has 2 amide bonds. The van der Waals surface area contributed by atoms with Gasteiger partial charge in [-0.25, -0.2) is 0 Å². The second kappa shape index (κ2) is 8.45. The molecule has 0 heterocycles. The Morgan fingerprint density at radius 1 is 1.14 bits per heavy atom. The summed E-state index contributed by atoms with van der Waals surface area (Å²) in [7, 11) is 0. The summed E-state index contributed by atoms with van der Waals surface area (Å²) in [5.74, 6) is 0.405. The molecule has 0 aliphatic rings. The monoisotopic (exact) mass is 290 g/mol. The first-order valence-electron chi connectivity index (χ1n) is 7.50. The smallest absolute Gasteiger partial charge is 0.220 e. The van der Waals surface area contributed by atoms with E-state index >= 15 is 0 Å². The van der Waals surface area contributed by atoms with Crippen molar-refractivity contribution in [2.75, 3.05) is 13.1 Å². The Labute approximate surface area is 127 Å². The van der Waals surface area contributed by atoms with Crippen LogP contribution in [0.3, 0.4) is 0 Å². The highest BCUT2D eigenvalue weighted by molar-refractivity contribution is 5.76. The average Bonchev–Trinajstić information content (AvgIpc) is 2.42. The van der Waals surface area contributed by atoms with Crippen LogP contribution in [0.15, 0.2) is 30.3 Å². The maximum Gasteiger partial charge on any atom is 0.220 e. The van der Waals surface area contributed by atoms with Gasteiger partial charge in [-0.1, -0.05) is 44.2 Å². The standard InChI is InChI=1S/C17H26N2O2/c1-13(2)12-17(21)18-10-11-19(15(4)20)14(3)16-8-6-5-7-9-16/h5-9,13-14H,10-12H2,1-4H3,(H,18,21). The Hall–Kier alpha value is -1.84. The van der Waals surface area contributed by atoms with Gasteiger partial charge < -0.3 is 10.2 Å². The largest absolute Gasteiger partial charge is 0.354 e. The molecule has 1 rings (SSSR count). The number of nitrogens with zero attached hydrogens (tertiary/aromatic N) is 1. The lowest BCUT2D eigenvalue weighted by atomic mass is 10.1. The summed E-state index contributed by atoms with van der Waals surface area (Å²) < 4.78 is 0. The van der Waals surface area contributed by atoms with E-state index in [2.05, 4.69) is 5.32 Å². The highest BCUT2D eigenvalue weighted by Crippen LogP contribution is 2.19. The molecule has 1 aromatic carbocycles. The van der Waals surface area contributed by atoms with Crippen LogP contribution in [0.1, 0.15) is 45.7 Å². The van der Waals surface area contributed by atoms with E-state index in [9.17, 15) is 9.59 Å². The highest BCUT2D eigenvalue weighted by atomic mass is 16.2. The lowest BCUT2D eigenvalue weighted by Crippen LogP contribution is -2.39. The number of hydrogen-bond donors (Lipinski definition) is 1. The van der Waals surface area contributed by atoms with Crippen LogP contribution in [-0.2, 0) is 9.59 Å². The van der Waals surface area contributed by atoms with E-state index in [1.54, 1.807) is 11.8 Å². The molecule has 1 N–H and O–H groups in total. The lowest BCUT2D eigenvalue weighted by Gasteiger charge is -2.28. The minimum Gasteiger partial charge on any atom is -0.354 e. The van der Waals surface area contributed by atoms with Gasteiger partial charge in [0.1, 0.15) is 0 Å². The second-order valence-electron chi connectivity index (χ2n) is 5.75. The molecule has 1 unspecified atom stereocenters. The van der Waals surface area contributed by atoms with Gasteiger partial charge in [0.25, 0.3) is 0 Å². The first-order valence-corrected chi connectivity index (χ1v) is 7.50. The molecule has 1 atom stereocenters. The predicted molar refractivity (Wildman–Crippen MR) is 84.7 cm³/mol. The van der Waals surface area contributed by atoms with Crippen molar-refractivity contribution < 1.29 is 9.59 Å². The molecule has 116 valence electrons. The summed E-state index contributed by atoms with van der Waals surface area (Å²) in [5, 5.41) is 2.87. The summed E-state index contributed by atoms with van der Waals surface area (Å²) in [6.07, 6.45) is 0.522. The number of amides is 2. The third kappa shape index (κ3) is 5.98. The van der Waals surface area contributed by atoms with Crippen molar-refractivity contribution in [2.45, 2.75) is 40.2 Å². The van der Waals surface area contributed by atoms with Crippen LogP contribution in [0.5, 0.6) is 0 Å². The zero-order valence-corrected chi connectivity index (χ0v) is 13.4. The summed E-state index contributed by atoms with van der Waals surface area (Å²) in [6.45, 7) is 8.61. The zero-order valence-electron chi connectivity index (χ0n) is 13.4. The first kappa shape index (κ1) is 17.2. The molecule has 1 aromatic rings. The summed E-state index contributed by atoms with van der Waals surface area (Å²) in [5.41, 5.74) is 1.10. The molecule has 0 aliphatic heterocycles. The third-order valence-electron chi connectivity index (χ3n) is 3.42. The van der Waals surface area contributed by atoms with Gasteiger partial charge in [0, 0.05) is 26.4 Å². The van der Waals surface area contributed by atoms with E-state index in [4.69, 9.17) is 0 Å². The number of nitrogens with one attached hydrogen (secondary N) is 1. The van der Waals surface area contributed by atoms with Crippen LogP contribution < -0.4 is 5.32 Å². The van der Waals surface area contributed by atoms with Crippen LogP contribution in [0, 0.1) is 5.92 Å². The normalized spacial score (nSPS) is 12.0. The fourth-order valence-corrected chi connectivity index (χ4v) is 2.29. The third-order valence-corrected chi connectivity index (χ3v) is 3.42. The van der Waals surface area contributed by atoms with Crippen LogP contribution in [0.4, 0.5) is 0 Å². The predicted octanol–water partition coefficient (Wildman–Crippen LogP) is 2.76. The van der Waals surface area contributed by atoms with Crippen molar-refractivity contribution in [3.05, 3.63) is 35.9 Å². The van der Waals surface area contributed by atoms with Crippen LogP contribution >= 0.6 is 0 Å². The van der Waals surface area contributed by atoms with Crippen LogP contribution in [0.25, 0.3) is 0 Å². The molecule has 4 heteroatoms. The highest BCUT2D eigenvalue weighted by Gasteiger charge is 2.18. The fourth-order valence-electron chi connectivity index (χ4n) is 2.29. The molecule has 0 aliphatic carbocycles. The van der Waals surface area contributed by atoms with Crippen molar-refractivity contribution in [3.63, 3.8) is 0 Å². The SMILES string of the molecule is CC(=O)N(CCNC(=O)CC(C)C)C(C)c1ccccc1. The van der Waals surface area contributed by atoms with Crippen molar-refractivity contribution in [3.8, 4) is 0 Å². The van der Waals surface area contributed by atoms with Gasteiger partial charge in [-0.2, -0.15) is 0 Å². The van der Waals surface area contributed by atoms with Crippen molar-refractivity contribution in [2.24, 2.45) is 5.92 Å². The Morgan fingerprint density at radius 3 is 2.29 bits per heavy atom. The van der Waals surface area contributed by atoms with Crippen molar-refractivity contribution in [1.82, 2.24) is 10.2 Å². The number of benzene rings is 1. The molecule has 0 spiro atoms. The van der Waals surface area contributed by atoms with Gasteiger partial charge in [-0.05, 0) is 18.4 Å². The topological polar surface area (TPSA) is 49.4 Å². The quantitative estimate of drug-likeness (QED) is 0.839. The number of hydrogen-bond acceptors (Lipinski definition) is 2. The minimum atomic E-state index is 0.00528. The molecular formula is C17H26N2O2. The summed E-state index contributed by atoms with van der Waals surface area (Å²) in [6, 6.07) is 9.92. The molecule has 0 radical (unpaired) electrons. The Kier molecular flexibility index (Phi) is 6.92. The van der Waals surface area contributed by atoms with Crippen LogP contribution in [-0.4, -0.2) is 29.8 Å². The Morgan fingerprint density at radius 2 is 1.76 bits per heavy atom. The van der Waals surface area contributed by atoms with E-state index in [0.717, 1.165) is 5.56 Å². The Balaban J connectivity index is 2.55. The molecule has 21 heavy (non-hydrogen) atoms. The average molecular weight is 290 g/mol. The summed E-state index contributed by atoms with van der Waals surface area (Å²) >= 11 is 0. The molecule has 0 saturated carbocycles. The zero-order chi connectivity index (χ0) is 15.8. The van der Waals surface area contributed by atoms with E-state index in [0.29, 0.717) is 25.4 Å². The van der Waals surface area contributed by atoms with E-state index in [1.807, 2.05) is 51.1 Å². The van der Waals surface area contributed by atoms with Gasteiger partial charge in [0.2, 0.25) is 11.8 Å². The fraction of sp³-hybridized carbons (Fsp3) is 0.529. The molecule has 0 fully saturated rings. The maximum atomic E-state index is 11.8. The van der Waals surface area contributed by atoms with Gasteiger partial charge in [0.05, 0.1) is 6.04 Å². The van der Waals surface area contributed by atoms with Crippen molar-refractivity contribution >= 4 is 11.8 Å². The van der Waals surface area contributed by atoms with Gasteiger partial charge in [-0.15, -0.1) is 0 Å². The van der Waals surface area contributed by atoms with E-state index in [1.165, 1.54) is 0 Å². The van der Waals surface area contributed by atoms with Crippen molar-refractivity contribution in [1.29, 1.82) is 0 Å². The molecule has 0 saturated heterocycles. The van der Waals surface area contributed by atoms with Crippen LogP contribution in [0.2, 0.25) is 0 Å². The lowest BCUT2D eigenvalue weighted by molar-refractivity contribution is -0.131. The number of carbonyl (C=O) groups excluding carboxylic acids is 2. The number of carbonyl (C=O) groups is 2. The maximum absolute atomic E-state index is 11.8. The molecule has 0 aromatic heterocycles. The van der Waals surface area contributed by atoms with E-state index < -0.39 is 0 Å². The summed E-state index contributed by atoms with van der Waals surface area (Å²) in [4.78, 5) is 25.2.